The minimum absolute atomic E-state index is 0.231. The van der Waals surface area contributed by atoms with Crippen LogP contribution in [-0.2, 0) is 0 Å². The molecule has 4 heteroatoms. The van der Waals surface area contributed by atoms with Crippen molar-refractivity contribution in [3.05, 3.63) is 58.1 Å². The lowest BCUT2D eigenvalue weighted by Crippen LogP contribution is -2.11. The summed E-state index contributed by atoms with van der Waals surface area (Å²) in [6, 6.07) is 11.6. The van der Waals surface area contributed by atoms with E-state index in [2.05, 4.69) is 26.0 Å². The summed E-state index contributed by atoms with van der Waals surface area (Å²) in [6.07, 6.45) is 0. The Bertz CT molecular complexity index is 682. The van der Waals surface area contributed by atoms with Gasteiger partial charge in [-0.15, -0.1) is 0 Å². The lowest BCUT2D eigenvalue weighted by Gasteiger charge is -2.17. The molecule has 2 N–H and O–H groups in total. The second-order valence-corrected chi connectivity index (χ2v) is 6.12. The smallest absolute Gasteiger partial charge is 0.139 e. The maximum absolute atomic E-state index is 6.18. The van der Waals surface area contributed by atoms with Crippen LogP contribution in [0.2, 0.25) is 5.02 Å². The second-order valence-electron chi connectivity index (χ2n) is 5.28. The van der Waals surface area contributed by atoms with Crippen molar-refractivity contribution in [2.45, 2.75) is 26.7 Å². The van der Waals surface area contributed by atoms with Crippen LogP contribution in [0, 0.1) is 6.92 Å². The standard InChI is InChI=1S/C17H18ClNOS/c1-10(2)12-8-7-11(3)9-15(12)20-14-6-4-5-13(18)16(14)17(19)21/h4-10H,1-3H3,(H2,19,21). The number of rotatable bonds is 4. The molecule has 0 amide bonds. The number of aryl methyl sites for hydroxylation is 1. The first-order valence-corrected chi connectivity index (χ1v) is 7.55. The molecule has 0 aliphatic heterocycles. The van der Waals surface area contributed by atoms with Crippen molar-refractivity contribution in [3.8, 4) is 11.5 Å². The van der Waals surface area contributed by atoms with Gasteiger partial charge in [-0.1, -0.05) is 55.9 Å². The first-order valence-electron chi connectivity index (χ1n) is 6.77. The summed E-state index contributed by atoms with van der Waals surface area (Å²) in [7, 11) is 0. The number of ether oxygens (including phenoxy) is 1. The van der Waals surface area contributed by atoms with Crippen molar-refractivity contribution in [1.82, 2.24) is 0 Å². The van der Waals surface area contributed by atoms with E-state index in [9.17, 15) is 0 Å². The van der Waals surface area contributed by atoms with Gasteiger partial charge in [-0.25, -0.2) is 0 Å². The number of benzene rings is 2. The van der Waals surface area contributed by atoms with Gasteiger partial charge < -0.3 is 10.5 Å². The van der Waals surface area contributed by atoms with E-state index >= 15 is 0 Å². The Morgan fingerprint density at radius 1 is 1.19 bits per heavy atom. The average molecular weight is 320 g/mol. The van der Waals surface area contributed by atoms with Crippen LogP contribution < -0.4 is 10.5 Å². The predicted molar refractivity (Wildman–Crippen MR) is 92.7 cm³/mol. The number of hydrogen-bond acceptors (Lipinski definition) is 2. The average Bonchev–Trinajstić information content (AvgIpc) is 2.37. The molecule has 21 heavy (non-hydrogen) atoms. The molecule has 0 fully saturated rings. The zero-order chi connectivity index (χ0) is 15.6. The third kappa shape index (κ3) is 3.55. The van der Waals surface area contributed by atoms with Gasteiger partial charge in [-0.05, 0) is 42.2 Å². The van der Waals surface area contributed by atoms with E-state index in [0.717, 1.165) is 16.9 Å². The molecule has 0 saturated carbocycles. The molecule has 0 saturated heterocycles. The maximum atomic E-state index is 6.18. The minimum atomic E-state index is 0.231. The van der Waals surface area contributed by atoms with Gasteiger partial charge in [-0.3, -0.25) is 0 Å². The molecular formula is C17H18ClNOS. The third-order valence-electron chi connectivity index (χ3n) is 3.23. The van der Waals surface area contributed by atoms with Gasteiger partial charge in [0.25, 0.3) is 0 Å². The molecule has 0 spiro atoms. The van der Waals surface area contributed by atoms with Gasteiger partial charge in [0.2, 0.25) is 0 Å². The maximum Gasteiger partial charge on any atom is 0.139 e. The monoisotopic (exact) mass is 319 g/mol. The lowest BCUT2D eigenvalue weighted by atomic mass is 10.0. The summed E-state index contributed by atoms with van der Waals surface area (Å²) in [5.41, 5.74) is 8.60. The van der Waals surface area contributed by atoms with Gasteiger partial charge in [0, 0.05) is 0 Å². The van der Waals surface area contributed by atoms with E-state index in [1.807, 2.05) is 25.1 Å². The number of thiocarbonyl (C=S) groups is 1. The molecular weight excluding hydrogens is 302 g/mol. The Balaban J connectivity index is 2.50. The fourth-order valence-electron chi connectivity index (χ4n) is 2.15. The topological polar surface area (TPSA) is 35.2 Å². The van der Waals surface area contributed by atoms with Gasteiger partial charge in [-0.2, -0.15) is 0 Å². The molecule has 2 rings (SSSR count). The van der Waals surface area contributed by atoms with Crippen molar-refractivity contribution < 1.29 is 4.74 Å². The summed E-state index contributed by atoms with van der Waals surface area (Å²) in [4.78, 5) is 0.231. The lowest BCUT2D eigenvalue weighted by molar-refractivity contribution is 0.472. The molecule has 110 valence electrons. The SMILES string of the molecule is Cc1ccc(C(C)C)c(Oc2cccc(Cl)c2C(N)=S)c1. The van der Waals surface area contributed by atoms with Crippen molar-refractivity contribution in [2.24, 2.45) is 5.73 Å². The van der Waals surface area contributed by atoms with Gasteiger partial charge in [0.05, 0.1) is 10.6 Å². The Morgan fingerprint density at radius 3 is 2.52 bits per heavy atom. The van der Waals surface area contributed by atoms with Crippen LogP contribution in [-0.4, -0.2) is 4.99 Å². The third-order valence-corrected chi connectivity index (χ3v) is 3.75. The highest BCUT2D eigenvalue weighted by molar-refractivity contribution is 7.80. The summed E-state index contributed by atoms with van der Waals surface area (Å²) in [5, 5.41) is 0.499. The quantitative estimate of drug-likeness (QED) is 0.787. The van der Waals surface area contributed by atoms with Crippen LogP contribution in [0.15, 0.2) is 36.4 Å². The summed E-state index contributed by atoms with van der Waals surface area (Å²) >= 11 is 11.3. The number of nitrogens with two attached hydrogens (primary N) is 1. The van der Waals surface area contributed by atoms with Crippen LogP contribution in [0.5, 0.6) is 11.5 Å². The largest absolute Gasteiger partial charge is 0.456 e. The highest BCUT2D eigenvalue weighted by atomic mass is 35.5. The number of halogens is 1. The Morgan fingerprint density at radius 2 is 1.90 bits per heavy atom. The zero-order valence-corrected chi connectivity index (χ0v) is 13.9. The molecule has 0 unspecified atom stereocenters. The Kier molecular flexibility index (Phi) is 4.86. The summed E-state index contributed by atoms with van der Waals surface area (Å²) in [5.74, 6) is 1.75. The minimum Gasteiger partial charge on any atom is -0.456 e. The molecule has 2 aromatic rings. The fourth-order valence-corrected chi connectivity index (χ4v) is 2.69. The molecule has 2 aromatic carbocycles. The van der Waals surface area contributed by atoms with Crippen LogP contribution in [0.4, 0.5) is 0 Å². The molecule has 0 bridgehead atoms. The van der Waals surface area contributed by atoms with Crippen molar-refractivity contribution in [1.29, 1.82) is 0 Å². The predicted octanol–water partition coefficient (Wildman–Crippen LogP) is 5.20. The van der Waals surface area contributed by atoms with E-state index in [1.165, 1.54) is 0 Å². The van der Waals surface area contributed by atoms with Crippen molar-refractivity contribution in [3.63, 3.8) is 0 Å². The van der Waals surface area contributed by atoms with Crippen molar-refractivity contribution >= 4 is 28.8 Å². The molecule has 0 aliphatic rings. The van der Waals surface area contributed by atoms with E-state index in [0.29, 0.717) is 22.3 Å². The highest BCUT2D eigenvalue weighted by Gasteiger charge is 2.14. The molecule has 0 heterocycles. The molecule has 0 radical (unpaired) electrons. The normalized spacial score (nSPS) is 10.7. The summed E-state index contributed by atoms with van der Waals surface area (Å²) in [6.45, 7) is 6.29. The fraction of sp³-hybridized carbons (Fsp3) is 0.235. The van der Waals surface area contributed by atoms with Gasteiger partial charge in [0.1, 0.15) is 16.5 Å². The van der Waals surface area contributed by atoms with Gasteiger partial charge >= 0.3 is 0 Å². The molecule has 0 atom stereocenters. The van der Waals surface area contributed by atoms with E-state index in [1.54, 1.807) is 6.07 Å². The van der Waals surface area contributed by atoms with E-state index in [-0.39, 0.29) is 4.99 Å². The first kappa shape index (κ1) is 15.8. The van der Waals surface area contributed by atoms with Crippen LogP contribution in [0.1, 0.15) is 36.5 Å². The Labute approximate surface area is 135 Å². The first-order chi connectivity index (χ1) is 9.90. The molecule has 2 nitrogen and oxygen atoms in total. The Hall–Kier alpha value is -1.58. The zero-order valence-electron chi connectivity index (χ0n) is 12.3. The van der Waals surface area contributed by atoms with Crippen LogP contribution in [0.3, 0.4) is 0 Å². The van der Waals surface area contributed by atoms with E-state index < -0.39 is 0 Å². The van der Waals surface area contributed by atoms with Crippen molar-refractivity contribution in [2.75, 3.05) is 0 Å². The second kappa shape index (κ2) is 6.46. The molecule has 0 aliphatic carbocycles. The van der Waals surface area contributed by atoms with E-state index in [4.69, 9.17) is 34.3 Å². The highest BCUT2D eigenvalue weighted by Crippen LogP contribution is 2.35. The molecule has 0 aromatic heterocycles. The van der Waals surface area contributed by atoms with Crippen LogP contribution >= 0.6 is 23.8 Å². The van der Waals surface area contributed by atoms with Crippen LogP contribution in [0.25, 0.3) is 0 Å². The van der Waals surface area contributed by atoms with Gasteiger partial charge in [0.15, 0.2) is 0 Å². The number of hydrogen-bond donors (Lipinski definition) is 1. The summed E-state index contributed by atoms with van der Waals surface area (Å²) < 4.78 is 6.07.